The zero-order chi connectivity index (χ0) is 19.3. The van der Waals surface area contributed by atoms with Crippen molar-refractivity contribution in [1.29, 1.82) is 0 Å². The number of halogens is 1. The van der Waals surface area contributed by atoms with Crippen LogP contribution in [0.4, 0.5) is 10.1 Å². The molecule has 26 heavy (non-hydrogen) atoms. The molecule has 0 aliphatic carbocycles. The predicted octanol–water partition coefficient (Wildman–Crippen LogP) is 1.66. The van der Waals surface area contributed by atoms with E-state index in [1.807, 2.05) is 0 Å². The second-order valence-corrected chi connectivity index (χ2v) is 7.41. The van der Waals surface area contributed by atoms with E-state index in [1.165, 1.54) is 34.6 Å². The molecule has 0 aliphatic heterocycles. The largest absolute Gasteiger partial charge is 0.325 e. The van der Waals surface area contributed by atoms with Gasteiger partial charge in [0.2, 0.25) is 15.9 Å². The monoisotopic (exact) mass is 381 g/mol. The number of benzene rings is 1. The number of hydrogen-bond acceptors (Lipinski definition) is 4. The number of amides is 1. The second-order valence-electron chi connectivity index (χ2n) is 5.48. The maximum absolute atomic E-state index is 12.9. The molecule has 0 fully saturated rings. The summed E-state index contributed by atoms with van der Waals surface area (Å²) >= 11 is 0. The molecule has 0 radical (unpaired) electrons. The molecule has 0 bridgehead atoms. The third-order valence-electron chi connectivity index (χ3n) is 3.74. The van der Waals surface area contributed by atoms with Gasteiger partial charge in [-0.15, -0.1) is 0 Å². The molecule has 9 heteroatoms. The summed E-state index contributed by atoms with van der Waals surface area (Å²) in [5.41, 5.74) is -0.130. The highest BCUT2D eigenvalue weighted by Crippen LogP contribution is 2.14. The first-order chi connectivity index (χ1) is 12.3. The Balaban J connectivity index is 2.23. The van der Waals surface area contributed by atoms with Gasteiger partial charge < -0.3 is 9.88 Å². The molecule has 2 rings (SSSR count). The number of aromatic nitrogens is 1. The average molecular weight is 381 g/mol. The number of nitrogens with zero attached hydrogens (tertiary/aromatic N) is 2. The van der Waals surface area contributed by atoms with Gasteiger partial charge in [0.1, 0.15) is 12.4 Å². The standard InChI is InChI=1S/C17H20FN3O4S/c1-3-21(4-2)26(24,25)15-9-10-17(23)20(11-15)12-16(22)19-14-7-5-13(18)6-8-14/h5-11H,3-4,12H2,1-2H3,(H,19,22). The van der Waals surface area contributed by atoms with Crippen LogP contribution in [0, 0.1) is 5.82 Å². The Bertz CT molecular complexity index is 935. The fourth-order valence-corrected chi connectivity index (χ4v) is 3.87. The topological polar surface area (TPSA) is 88.5 Å². The van der Waals surface area contributed by atoms with E-state index in [1.54, 1.807) is 13.8 Å². The number of anilines is 1. The fraction of sp³-hybridized carbons (Fsp3) is 0.294. The lowest BCUT2D eigenvalue weighted by molar-refractivity contribution is -0.116. The molecule has 0 saturated carbocycles. The van der Waals surface area contributed by atoms with Gasteiger partial charge in [0.05, 0.1) is 4.90 Å². The van der Waals surface area contributed by atoms with Crippen molar-refractivity contribution in [3.63, 3.8) is 0 Å². The Morgan fingerprint density at radius 2 is 1.73 bits per heavy atom. The number of sulfonamides is 1. The van der Waals surface area contributed by atoms with Gasteiger partial charge in [0.15, 0.2) is 0 Å². The van der Waals surface area contributed by atoms with Gasteiger partial charge in [-0.2, -0.15) is 4.31 Å². The lowest BCUT2D eigenvalue weighted by atomic mass is 10.3. The van der Waals surface area contributed by atoms with Crippen molar-refractivity contribution in [3.05, 3.63) is 58.8 Å². The van der Waals surface area contributed by atoms with E-state index in [4.69, 9.17) is 0 Å². The number of pyridine rings is 1. The minimum absolute atomic E-state index is 0.0598. The number of carbonyl (C=O) groups excluding carboxylic acids is 1. The SMILES string of the molecule is CCN(CC)S(=O)(=O)c1ccc(=O)n(CC(=O)Nc2ccc(F)cc2)c1. The first kappa shape index (κ1) is 19.8. The molecule has 2 aromatic rings. The van der Waals surface area contributed by atoms with Crippen molar-refractivity contribution in [3.8, 4) is 0 Å². The molecule has 0 aliphatic rings. The smallest absolute Gasteiger partial charge is 0.251 e. The zero-order valence-electron chi connectivity index (χ0n) is 14.5. The van der Waals surface area contributed by atoms with Crippen LogP contribution in [0.2, 0.25) is 0 Å². The minimum atomic E-state index is -3.74. The van der Waals surface area contributed by atoms with Gasteiger partial charge in [0.25, 0.3) is 5.56 Å². The van der Waals surface area contributed by atoms with E-state index >= 15 is 0 Å². The van der Waals surface area contributed by atoms with E-state index < -0.39 is 27.3 Å². The Kier molecular flexibility index (Phi) is 6.27. The maximum atomic E-state index is 12.9. The highest BCUT2D eigenvalue weighted by Gasteiger charge is 2.22. The lowest BCUT2D eigenvalue weighted by Gasteiger charge is -2.19. The summed E-state index contributed by atoms with van der Waals surface area (Å²) in [6.45, 7) is 3.66. The molecule has 1 heterocycles. The molecule has 1 amide bonds. The van der Waals surface area contributed by atoms with Gasteiger partial charge in [-0.05, 0) is 30.3 Å². The zero-order valence-corrected chi connectivity index (χ0v) is 15.3. The molecule has 7 nitrogen and oxygen atoms in total. The van der Waals surface area contributed by atoms with E-state index in [2.05, 4.69) is 5.32 Å². The first-order valence-electron chi connectivity index (χ1n) is 8.04. The van der Waals surface area contributed by atoms with E-state index in [-0.39, 0.29) is 11.4 Å². The van der Waals surface area contributed by atoms with Gasteiger partial charge in [-0.3, -0.25) is 9.59 Å². The molecular weight excluding hydrogens is 361 g/mol. The third kappa shape index (κ3) is 4.55. The number of hydrogen-bond donors (Lipinski definition) is 1. The molecule has 0 atom stereocenters. The maximum Gasteiger partial charge on any atom is 0.251 e. The van der Waals surface area contributed by atoms with Gasteiger partial charge >= 0.3 is 0 Å². The molecule has 1 N–H and O–H groups in total. The summed E-state index contributed by atoms with van der Waals surface area (Å²) in [6, 6.07) is 7.50. The summed E-state index contributed by atoms with van der Waals surface area (Å²) in [5, 5.41) is 2.52. The number of nitrogens with one attached hydrogen (secondary N) is 1. The summed E-state index contributed by atoms with van der Waals surface area (Å²) < 4.78 is 40.2. The van der Waals surface area contributed by atoms with Crippen LogP contribution in [0.3, 0.4) is 0 Å². The molecule has 0 saturated heterocycles. The Morgan fingerprint density at radius 1 is 1.12 bits per heavy atom. The van der Waals surface area contributed by atoms with Crippen molar-refractivity contribution >= 4 is 21.6 Å². The van der Waals surface area contributed by atoms with E-state index in [0.717, 1.165) is 16.8 Å². The Labute approximate surface area is 151 Å². The van der Waals surface area contributed by atoms with Gasteiger partial charge in [0, 0.05) is 31.0 Å². The third-order valence-corrected chi connectivity index (χ3v) is 5.77. The van der Waals surface area contributed by atoms with Crippen LogP contribution < -0.4 is 10.9 Å². The van der Waals surface area contributed by atoms with Crippen LogP contribution in [-0.4, -0.2) is 36.3 Å². The lowest BCUT2D eigenvalue weighted by Crippen LogP contribution is -2.33. The Hall–Kier alpha value is -2.52. The normalized spacial score (nSPS) is 11.5. The summed E-state index contributed by atoms with van der Waals surface area (Å²) in [5.74, 6) is -0.968. The van der Waals surface area contributed by atoms with Crippen LogP contribution in [-0.2, 0) is 21.4 Å². The molecule has 0 unspecified atom stereocenters. The van der Waals surface area contributed by atoms with Crippen molar-refractivity contribution in [2.45, 2.75) is 25.3 Å². The highest BCUT2D eigenvalue weighted by molar-refractivity contribution is 7.89. The molecule has 140 valence electrons. The van der Waals surface area contributed by atoms with Crippen molar-refractivity contribution in [2.24, 2.45) is 0 Å². The number of carbonyl (C=O) groups is 1. The quantitative estimate of drug-likeness (QED) is 0.790. The van der Waals surface area contributed by atoms with Crippen LogP contribution in [0.25, 0.3) is 0 Å². The van der Waals surface area contributed by atoms with Gasteiger partial charge in [-0.1, -0.05) is 13.8 Å². The van der Waals surface area contributed by atoms with Crippen molar-refractivity contribution in [2.75, 3.05) is 18.4 Å². The van der Waals surface area contributed by atoms with Crippen LogP contribution in [0.5, 0.6) is 0 Å². The van der Waals surface area contributed by atoms with Crippen LogP contribution >= 0.6 is 0 Å². The minimum Gasteiger partial charge on any atom is -0.325 e. The predicted molar refractivity (Wildman–Crippen MR) is 95.8 cm³/mol. The average Bonchev–Trinajstić information content (AvgIpc) is 2.59. The Morgan fingerprint density at radius 3 is 2.31 bits per heavy atom. The van der Waals surface area contributed by atoms with Crippen molar-refractivity contribution in [1.82, 2.24) is 8.87 Å². The van der Waals surface area contributed by atoms with E-state index in [0.29, 0.717) is 18.8 Å². The summed E-state index contributed by atoms with van der Waals surface area (Å²) in [6.07, 6.45) is 1.15. The highest BCUT2D eigenvalue weighted by atomic mass is 32.2. The fourth-order valence-electron chi connectivity index (χ4n) is 2.39. The summed E-state index contributed by atoms with van der Waals surface area (Å²) in [4.78, 5) is 24.0. The molecule has 1 aromatic heterocycles. The van der Waals surface area contributed by atoms with E-state index in [9.17, 15) is 22.4 Å². The van der Waals surface area contributed by atoms with Gasteiger partial charge in [-0.25, -0.2) is 12.8 Å². The molecule has 0 spiro atoms. The molecular formula is C17H20FN3O4S. The molecule has 1 aromatic carbocycles. The van der Waals surface area contributed by atoms with Crippen molar-refractivity contribution < 1.29 is 17.6 Å². The van der Waals surface area contributed by atoms with Crippen LogP contribution in [0.1, 0.15) is 13.8 Å². The number of rotatable bonds is 7. The first-order valence-corrected chi connectivity index (χ1v) is 9.48. The summed E-state index contributed by atoms with van der Waals surface area (Å²) in [7, 11) is -3.74. The second kappa shape index (κ2) is 8.24. The van der Waals surface area contributed by atoms with Crippen LogP contribution in [0.15, 0.2) is 52.3 Å².